The van der Waals surface area contributed by atoms with Crippen LogP contribution in [0.5, 0.6) is 0 Å². The highest BCUT2D eigenvalue weighted by molar-refractivity contribution is 9.10. The van der Waals surface area contributed by atoms with Crippen molar-refractivity contribution in [1.82, 2.24) is 10.2 Å². The maximum atomic E-state index is 12.0. The van der Waals surface area contributed by atoms with Gasteiger partial charge in [-0.3, -0.25) is 4.79 Å². The Morgan fingerprint density at radius 2 is 2.10 bits per heavy atom. The molecule has 1 aromatic carbocycles. The number of nitrogens with zero attached hydrogens (tertiary/aromatic N) is 1. The van der Waals surface area contributed by atoms with Crippen LogP contribution in [0, 0.1) is 6.92 Å². The van der Waals surface area contributed by atoms with Gasteiger partial charge in [0.25, 0.3) is 0 Å². The number of aryl methyl sites for hydroxylation is 2. The molecule has 1 N–H and O–H groups in total. The summed E-state index contributed by atoms with van der Waals surface area (Å²) in [5, 5.41) is 3.17. The minimum absolute atomic E-state index is 0.180. The van der Waals surface area contributed by atoms with E-state index in [1.165, 1.54) is 11.1 Å². The number of carbonyl (C=O) groups is 1. The fourth-order valence-corrected chi connectivity index (χ4v) is 3.02. The van der Waals surface area contributed by atoms with Gasteiger partial charge in [-0.05, 0) is 69.6 Å². The summed E-state index contributed by atoms with van der Waals surface area (Å²) in [4.78, 5) is 14.3. The normalized spacial score (nSPS) is 17.1. The van der Waals surface area contributed by atoms with Crippen LogP contribution < -0.4 is 5.32 Å². The van der Waals surface area contributed by atoms with Gasteiger partial charge in [-0.2, -0.15) is 0 Å². The van der Waals surface area contributed by atoms with Gasteiger partial charge in [-0.25, -0.2) is 0 Å². The minimum Gasteiger partial charge on any atom is -0.353 e. The van der Waals surface area contributed by atoms with Crippen molar-refractivity contribution in [2.75, 3.05) is 20.1 Å². The van der Waals surface area contributed by atoms with Crippen LogP contribution in [0.2, 0.25) is 0 Å². The van der Waals surface area contributed by atoms with E-state index in [1.54, 1.807) is 0 Å². The van der Waals surface area contributed by atoms with Crippen LogP contribution in [-0.2, 0) is 11.2 Å². The third-order valence-corrected chi connectivity index (χ3v) is 4.51. The summed E-state index contributed by atoms with van der Waals surface area (Å²) in [7, 11) is 2.13. The number of hydrogen-bond donors (Lipinski definition) is 1. The summed E-state index contributed by atoms with van der Waals surface area (Å²) < 4.78 is 1.08. The van der Waals surface area contributed by atoms with Gasteiger partial charge in [0.15, 0.2) is 0 Å². The lowest BCUT2D eigenvalue weighted by molar-refractivity contribution is -0.122. The second kappa shape index (κ2) is 7.23. The molecule has 0 bridgehead atoms. The molecule has 3 nitrogen and oxygen atoms in total. The Bertz CT molecular complexity index is 468. The van der Waals surface area contributed by atoms with Crippen LogP contribution in [0.3, 0.4) is 0 Å². The van der Waals surface area contributed by atoms with E-state index in [-0.39, 0.29) is 5.91 Å². The summed E-state index contributed by atoms with van der Waals surface area (Å²) in [6.07, 6.45) is 3.52. The van der Waals surface area contributed by atoms with Crippen molar-refractivity contribution in [3.8, 4) is 0 Å². The molecule has 1 aliphatic rings. The highest BCUT2D eigenvalue weighted by Crippen LogP contribution is 2.17. The number of nitrogens with one attached hydrogen (secondary N) is 1. The van der Waals surface area contributed by atoms with Gasteiger partial charge in [0.05, 0.1) is 0 Å². The van der Waals surface area contributed by atoms with Crippen molar-refractivity contribution in [1.29, 1.82) is 0 Å². The van der Waals surface area contributed by atoms with Crippen LogP contribution in [0.4, 0.5) is 0 Å². The molecule has 110 valence electrons. The zero-order valence-corrected chi connectivity index (χ0v) is 13.9. The number of likely N-dealkylation sites (tertiary alicyclic amines) is 1. The van der Waals surface area contributed by atoms with E-state index in [1.807, 2.05) is 6.07 Å². The molecule has 0 aliphatic carbocycles. The first-order chi connectivity index (χ1) is 9.54. The predicted octanol–water partition coefficient (Wildman–Crippen LogP) is 2.90. The standard InChI is InChI=1S/C16H23BrN2O/c1-12-3-5-14(17)11-13(12)4-6-16(20)18-15-7-9-19(2)10-8-15/h3,5,11,15H,4,6-10H2,1-2H3,(H,18,20). The molecular weight excluding hydrogens is 316 g/mol. The number of rotatable bonds is 4. The number of benzene rings is 1. The quantitative estimate of drug-likeness (QED) is 0.915. The molecule has 1 saturated heterocycles. The molecule has 1 aromatic rings. The maximum Gasteiger partial charge on any atom is 0.220 e. The summed E-state index contributed by atoms with van der Waals surface area (Å²) >= 11 is 3.48. The van der Waals surface area contributed by atoms with Crippen molar-refractivity contribution in [3.63, 3.8) is 0 Å². The lowest BCUT2D eigenvalue weighted by Gasteiger charge is -2.29. The Labute approximate surface area is 129 Å². The topological polar surface area (TPSA) is 32.3 Å². The van der Waals surface area contributed by atoms with Crippen LogP contribution >= 0.6 is 15.9 Å². The average molecular weight is 339 g/mol. The van der Waals surface area contributed by atoms with Crippen molar-refractivity contribution < 1.29 is 4.79 Å². The van der Waals surface area contributed by atoms with Crippen LogP contribution in [-0.4, -0.2) is 37.0 Å². The van der Waals surface area contributed by atoms with Gasteiger partial charge in [-0.1, -0.05) is 22.0 Å². The van der Waals surface area contributed by atoms with Gasteiger partial charge in [0.1, 0.15) is 0 Å². The molecule has 0 unspecified atom stereocenters. The third kappa shape index (κ3) is 4.60. The number of amides is 1. The van der Waals surface area contributed by atoms with E-state index in [4.69, 9.17) is 0 Å². The lowest BCUT2D eigenvalue weighted by Crippen LogP contribution is -2.43. The summed E-state index contributed by atoms with van der Waals surface area (Å²) in [5.41, 5.74) is 2.50. The highest BCUT2D eigenvalue weighted by atomic mass is 79.9. The van der Waals surface area contributed by atoms with Gasteiger partial charge in [0.2, 0.25) is 5.91 Å². The second-order valence-electron chi connectivity index (χ2n) is 5.72. The molecule has 1 fully saturated rings. The van der Waals surface area contributed by atoms with E-state index in [0.717, 1.165) is 36.8 Å². The first-order valence-corrected chi connectivity index (χ1v) is 8.07. The van der Waals surface area contributed by atoms with Crippen molar-refractivity contribution in [3.05, 3.63) is 33.8 Å². The zero-order chi connectivity index (χ0) is 14.5. The molecule has 4 heteroatoms. The second-order valence-corrected chi connectivity index (χ2v) is 6.63. The summed E-state index contributed by atoms with van der Waals surface area (Å²) in [6, 6.07) is 6.60. The molecule has 1 heterocycles. The van der Waals surface area contributed by atoms with Gasteiger partial charge in [-0.15, -0.1) is 0 Å². The summed E-state index contributed by atoms with van der Waals surface area (Å²) in [5.74, 6) is 0.180. The first kappa shape index (κ1) is 15.5. The lowest BCUT2D eigenvalue weighted by atomic mass is 10.0. The molecule has 0 spiro atoms. The molecule has 1 aliphatic heterocycles. The summed E-state index contributed by atoms with van der Waals surface area (Å²) in [6.45, 7) is 4.25. The number of halogens is 1. The Kier molecular flexibility index (Phi) is 5.61. The molecule has 0 saturated carbocycles. The zero-order valence-electron chi connectivity index (χ0n) is 12.3. The third-order valence-electron chi connectivity index (χ3n) is 4.02. The van der Waals surface area contributed by atoms with Crippen molar-refractivity contribution in [2.45, 2.75) is 38.6 Å². The van der Waals surface area contributed by atoms with Crippen LogP contribution in [0.1, 0.15) is 30.4 Å². The van der Waals surface area contributed by atoms with Crippen LogP contribution in [0.25, 0.3) is 0 Å². The van der Waals surface area contributed by atoms with Gasteiger partial charge < -0.3 is 10.2 Å². The van der Waals surface area contributed by atoms with Crippen molar-refractivity contribution >= 4 is 21.8 Å². The predicted molar refractivity (Wildman–Crippen MR) is 85.9 cm³/mol. The molecule has 1 amide bonds. The number of carbonyl (C=O) groups excluding carboxylic acids is 1. The Balaban J connectivity index is 1.79. The molecular formula is C16H23BrN2O. The van der Waals surface area contributed by atoms with Gasteiger partial charge in [0, 0.05) is 16.9 Å². The average Bonchev–Trinajstić information content (AvgIpc) is 2.42. The number of hydrogen-bond acceptors (Lipinski definition) is 2. The smallest absolute Gasteiger partial charge is 0.220 e. The van der Waals surface area contributed by atoms with Gasteiger partial charge >= 0.3 is 0 Å². The van der Waals surface area contributed by atoms with Crippen LogP contribution in [0.15, 0.2) is 22.7 Å². The minimum atomic E-state index is 0.180. The van der Waals surface area contributed by atoms with E-state index >= 15 is 0 Å². The fraction of sp³-hybridized carbons (Fsp3) is 0.562. The van der Waals surface area contributed by atoms with Crippen molar-refractivity contribution in [2.24, 2.45) is 0 Å². The SMILES string of the molecule is Cc1ccc(Br)cc1CCC(=O)NC1CCN(C)CC1. The first-order valence-electron chi connectivity index (χ1n) is 7.27. The van der Waals surface area contributed by atoms with E-state index in [2.05, 4.69) is 52.3 Å². The molecule has 2 rings (SSSR count). The monoisotopic (exact) mass is 338 g/mol. The van der Waals surface area contributed by atoms with E-state index in [0.29, 0.717) is 12.5 Å². The van der Waals surface area contributed by atoms with E-state index in [9.17, 15) is 4.79 Å². The Morgan fingerprint density at radius 1 is 1.40 bits per heavy atom. The Morgan fingerprint density at radius 3 is 2.80 bits per heavy atom. The molecule has 0 atom stereocenters. The fourth-order valence-electron chi connectivity index (χ4n) is 2.61. The van der Waals surface area contributed by atoms with E-state index < -0.39 is 0 Å². The largest absolute Gasteiger partial charge is 0.353 e. The highest BCUT2D eigenvalue weighted by Gasteiger charge is 2.18. The molecule has 20 heavy (non-hydrogen) atoms. The molecule has 0 aromatic heterocycles. The maximum absolute atomic E-state index is 12.0. The Hall–Kier alpha value is -0.870. The molecule has 0 radical (unpaired) electrons. The number of piperidine rings is 1.